The Morgan fingerprint density at radius 2 is 1.79 bits per heavy atom. The monoisotopic (exact) mass is 451 g/mol. The molecule has 3 amide bonds. The molecule has 0 aliphatic carbocycles. The van der Waals surface area contributed by atoms with Gasteiger partial charge in [-0.15, -0.1) is 0 Å². The molecule has 1 aromatic carbocycles. The molecule has 2 aliphatic rings. The lowest BCUT2D eigenvalue weighted by Crippen LogP contribution is -2.45. The largest absolute Gasteiger partial charge is 0.337 e. The Bertz CT molecular complexity index is 1050. The number of likely N-dealkylation sites (tertiary alicyclic amines) is 1. The van der Waals surface area contributed by atoms with Gasteiger partial charge in [0.2, 0.25) is 11.8 Å². The summed E-state index contributed by atoms with van der Waals surface area (Å²) in [6, 6.07) is 9.37. The Labute approximate surface area is 194 Å². The zero-order valence-electron chi connectivity index (χ0n) is 19.9. The fourth-order valence-corrected chi connectivity index (χ4v) is 4.70. The van der Waals surface area contributed by atoms with Gasteiger partial charge in [-0.05, 0) is 25.0 Å². The predicted octanol–water partition coefficient (Wildman–Crippen LogP) is 2.84. The number of benzene rings is 1. The van der Waals surface area contributed by atoms with E-state index in [9.17, 15) is 14.4 Å². The fraction of sp³-hybridized carbons (Fsp3) is 0.520. The number of carbonyl (C=O) groups excluding carboxylic acids is 3. The predicted molar refractivity (Wildman–Crippen MR) is 125 cm³/mol. The normalized spacial score (nSPS) is 18.6. The van der Waals surface area contributed by atoms with E-state index >= 15 is 0 Å². The van der Waals surface area contributed by atoms with Gasteiger partial charge >= 0.3 is 0 Å². The van der Waals surface area contributed by atoms with Crippen LogP contribution in [0.3, 0.4) is 0 Å². The van der Waals surface area contributed by atoms with E-state index in [0.717, 1.165) is 29.8 Å². The number of rotatable bonds is 3. The molecule has 3 heterocycles. The standard InChI is InChI=1S/C25H33N5O3/c1-25(2,3)24(33)30-14-12-20-19(16-30)21(27-28(20)4)23(32)29-13-8-9-17(15-29)22(31)26-18-10-6-5-7-11-18/h5-7,10-11,17H,8-9,12-16H2,1-4H3,(H,26,31). The van der Waals surface area contributed by atoms with Crippen molar-refractivity contribution in [3.63, 3.8) is 0 Å². The molecule has 2 aromatic rings. The molecular weight excluding hydrogens is 418 g/mol. The number of piperidine rings is 1. The molecule has 4 rings (SSSR count). The molecule has 0 radical (unpaired) electrons. The molecule has 1 saturated heterocycles. The van der Waals surface area contributed by atoms with Crippen LogP contribution >= 0.6 is 0 Å². The van der Waals surface area contributed by atoms with Gasteiger partial charge in [0.25, 0.3) is 5.91 Å². The van der Waals surface area contributed by atoms with E-state index in [-0.39, 0.29) is 23.6 Å². The van der Waals surface area contributed by atoms with E-state index in [1.807, 2.05) is 63.1 Å². The molecule has 0 saturated carbocycles. The van der Waals surface area contributed by atoms with Crippen molar-refractivity contribution in [3.8, 4) is 0 Å². The van der Waals surface area contributed by atoms with Crippen LogP contribution in [0, 0.1) is 11.3 Å². The Morgan fingerprint density at radius 1 is 1.06 bits per heavy atom. The van der Waals surface area contributed by atoms with Crippen LogP contribution in [-0.4, -0.2) is 56.9 Å². The summed E-state index contributed by atoms with van der Waals surface area (Å²) in [6.45, 7) is 7.73. The van der Waals surface area contributed by atoms with Gasteiger partial charge in [0.05, 0.1) is 5.92 Å². The summed E-state index contributed by atoms with van der Waals surface area (Å²) in [6.07, 6.45) is 2.19. The van der Waals surface area contributed by atoms with Crippen molar-refractivity contribution in [3.05, 3.63) is 47.3 Å². The molecule has 2 aliphatic heterocycles. The minimum Gasteiger partial charge on any atom is -0.337 e. The summed E-state index contributed by atoms with van der Waals surface area (Å²) in [7, 11) is 1.85. The first kappa shape index (κ1) is 23.0. The van der Waals surface area contributed by atoms with E-state index in [1.54, 1.807) is 9.58 Å². The van der Waals surface area contributed by atoms with Gasteiger partial charge < -0.3 is 15.1 Å². The maximum absolute atomic E-state index is 13.5. The van der Waals surface area contributed by atoms with Crippen molar-refractivity contribution in [2.24, 2.45) is 18.4 Å². The number of nitrogens with one attached hydrogen (secondary N) is 1. The third-order valence-corrected chi connectivity index (χ3v) is 6.49. The van der Waals surface area contributed by atoms with Crippen LogP contribution in [-0.2, 0) is 29.6 Å². The van der Waals surface area contributed by atoms with Crippen LogP contribution in [0.25, 0.3) is 0 Å². The quantitative estimate of drug-likeness (QED) is 0.777. The van der Waals surface area contributed by atoms with Gasteiger partial charge in [0.15, 0.2) is 5.69 Å². The molecule has 0 bridgehead atoms. The van der Waals surface area contributed by atoms with Crippen LogP contribution in [0.4, 0.5) is 5.69 Å². The summed E-state index contributed by atoms with van der Waals surface area (Å²) in [5.74, 6) is -0.412. The number of nitrogens with zero attached hydrogens (tertiary/aromatic N) is 4. The Kier molecular flexibility index (Phi) is 6.28. The summed E-state index contributed by atoms with van der Waals surface area (Å²) >= 11 is 0. The van der Waals surface area contributed by atoms with Gasteiger partial charge in [-0.1, -0.05) is 39.0 Å². The third kappa shape index (κ3) is 4.79. The minimum absolute atomic E-state index is 0.0660. The van der Waals surface area contributed by atoms with Gasteiger partial charge in [0.1, 0.15) is 0 Å². The molecule has 1 N–H and O–H groups in total. The molecule has 8 heteroatoms. The summed E-state index contributed by atoms with van der Waals surface area (Å²) < 4.78 is 1.77. The highest BCUT2D eigenvalue weighted by atomic mass is 16.2. The second kappa shape index (κ2) is 9.00. The van der Waals surface area contributed by atoms with Crippen molar-refractivity contribution in [2.45, 2.75) is 46.6 Å². The average molecular weight is 452 g/mol. The molecule has 8 nitrogen and oxygen atoms in total. The Hall–Kier alpha value is -3.16. The van der Waals surface area contributed by atoms with Gasteiger partial charge in [0, 0.05) is 62.0 Å². The van der Waals surface area contributed by atoms with Crippen molar-refractivity contribution >= 4 is 23.4 Å². The number of aryl methyl sites for hydroxylation is 1. The number of fused-ring (bicyclic) bond motifs is 1. The number of hydrogen-bond acceptors (Lipinski definition) is 4. The zero-order chi connectivity index (χ0) is 23.8. The topological polar surface area (TPSA) is 87.5 Å². The lowest BCUT2D eigenvalue weighted by molar-refractivity contribution is -0.140. The molecule has 1 aromatic heterocycles. The highest BCUT2D eigenvalue weighted by Crippen LogP contribution is 2.28. The van der Waals surface area contributed by atoms with Gasteiger partial charge in [-0.3, -0.25) is 19.1 Å². The van der Waals surface area contributed by atoms with Crippen LogP contribution in [0.1, 0.15) is 55.4 Å². The highest BCUT2D eigenvalue weighted by molar-refractivity contribution is 5.96. The summed E-state index contributed by atoms with van der Waals surface area (Å²) in [5.41, 5.74) is 2.53. The lowest BCUT2D eigenvalue weighted by atomic mass is 9.92. The molecule has 1 fully saturated rings. The van der Waals surface area contributed by atoms with Crippen molar-refractivity contribution in [1.29, 1.82) is 0 Å². The molecule has 0 spiro atoms. The SMILES string of the molecule is Cn1nc(C(=O)N2CCCC(C(=O)Nc3ccccc3)C2)c2c1CCN(C(=O)C(C)(C)C)C2. The Balaban J connectivity index is 1.49. The molecule has 1 unspecified atom stereocenters. The van der Waals surface area contributed by atoms with Crippen molar-refractivity contribution in [1.82, 2.24) is 19.6 Å². The van der Waals surface area contributed by atoms with E-state index in [2.05, 4.69) is 10.4 Å². The number of para-hydroxylation sites is 1. The molecule has 33 heavy (non-hydrogen) atoms. The van der Waals surface area contributed by atoms with E-state index in [1.165, 1.54) is 0 Å². The lowest BCUT2D eigenvalue weighted by Gasteiger charge is -2.34. The first-order valence-corrected chi connectivity index (χ1v) is 11.6. The minimum atomic E-state index is -0.476. The fourth-order valence-electron chi connectivity index (χ4n) is 4.70. The molecule has 176 valence electrons. The third-order valence-electron chi connectivity index (χ3n) is 6.49. The number of carbonyl (C=O) groups is 3. The van der Waals surface area contributed by atoms with E-state index < -0.39 is 5.41 Å². The molecular formula is C25H33N5O3. The maximum atomic E-state index is 13.5. The number of amides is 3. The maximum Gasteiger partial charge on any atom is 0.274 e. The highest BCUT2D eigenvalue weighted by Gasteiger charge is 2.36. The zero-order valence-corrected chi connectivity index (χ0v) is 19.9. The number of aromatic nitrogens is 2. The van der Waals surface area contributed by atoms with Crippen LogP contribution < -0.4 is 5.32 Å². The van der Waals surface area contributed by atoms with Gasteiger partial charge in [-0.2, -0.15) is 5.10 Å². The van der Waals surface area contributed by atoms with Crippen LogP contribution in [0.15, 0.2) is 30.3 Å². The average Bonchev–Trinajstić information content (AvgIpc) is 3.14. The van der Waals surface area contributed by atoms with Crippen LogP contribution in [0.5, 0.6) is 0 Å². The first-order chi connectivity index (χ1) is 15.6. The number of hydrogen-bond donors (Lipinski definition) is 1. The smallest absolute Gasteiger partial charge is 0.274 e. The number of anilines is 1. The van der Waals surface area contributed by atoms with Crippen LogP contribution in [0.2, 0.25) is 0 Å². The second-order valence-corrected chi connectivity index (χ2v) is 10.1. The Morgan fingerprint density at radius 3 is 2.48 bits per heavy atom. The summed E-state index contributed by atoms with van der Waals surface area (Å²) in [4.78, 5) is 42.7. The van der Waals surface area contributed by atoms with E-state index in [4.69, 9.17) is 0 Å². The second-order valence-electron chi connectivity index (χ2n) is 10.1. The van der Waals surface area contributed by atoms with E-state index in [0.29, 0.717) is 38.3 Å². The summed E-state index contributed by atoms with van der Waals surface area (Å²) in [5, 5.41) is 7.50. The van der Waals surface area contributed by atoms with Crippen molar-refractivity contribution < 1.29 is 14.4 Å². The first-order valence-electron chi connectivity index (χ1n) is 11.6. The molecule has 1 atom stereocenters. The van der Waals surface area contributed by atoms with Crippen molar-refractivity contribution in [2.75, 3.05) is 25.0 Å². The van der Waals surface area contributed by atoms with Gasteiger partial charge in [-0.25, -0.2) is 0 Å².